The predicted molar refractivity (Wildman–Crippen MR) is 58.9 cm³/mol. The largest absolute Gasteiger partial charge is 0.389 e. The molecular formula is C13H15FO. The van der Waals surface area contributed by atoms with E-state index in [9.17, 15) is 9.50 Å². The molecule has 2 heteroatoms. The van der Waals surface area contributed by atoms with E-state index in [1.54, 1.807) is 18.2 Å². The molecule has 0 amide bonds. The lowest BCUT2D eigenvalue weighted by Crippen LogP contribution is -2.00. The smallest absolute Gasteiger partial charge is 0.130 e. The van der Waals surface area contributed by atoms with Crippen LogP contribution < -0.4 is 0 Å². The number of aliphatic hydroxyl groups excluding tert-OH is 1. The lowest BCUT2D eigenvalue weighted by Gasteiger charge is -2.07. The molecule has 1 N–H and O–H groups in total. The van der Waals surface area contributed by atoms with Gasteiger partial charge in [-0.3, -0.25) is 0 Å². The first kappa shape index (κ1) is 10.4. The molecule has 0 aromatic heterocycles. The van der Waals surface area contributed by atoms with Crippen LogP contribution in [0.5, 0.6) is 0 Å². The zero-order valence-electron chi connectivity index (χ0n) is 8.62. The van der Waals surface area contributed by atoms with Gasteiger partial charge in [0.1, 0.15) is 5.82 Å². The molecule has 1 aliphatic rings. The highest BCUT2D eigenvalue weighted by Gasteiger charge is 2.13. The Morgan fingerprint density at radius 3 is 2.80 bits per heavy atom. The summed E-state index contributed by atoms with van der Waals surface area (Å²) in [5.41, 5.74) is 1.58. The fourth-order valence-electron chi connectivity index (χ4n) is 2.01. The summed E-state index contributed by atoms with van der Waals surface area (Å²) >= 11 is 0. The molecule has 0 saturated carbocycles. The van der Waals surface area contributed by atoms with E-state index in [-0.39, 0.29) is 5.82 Å². The molecule has 0 fully saturated rings. The summed E-state index contributed by atoms with van der Waals surface area (Å²) in [6.07, 6.45) is 5.07. The Morgan fingerprint density at radius 1 is 1.20 bits per heavy atom. The Kier molecular flexibility index (Phi) is 3.17. The van der Waals surface area contributed by atoms with Crippen molar-refractivity contribution in [1.82, 2.24) is 0 Å². The quantitative estimate of drug-likeness (QED) is 0.748. The minimum atomic E-state index is -0.415. The van der Waals surface area contributed by atoms with Gasteiger partial charge in [-0.25, -0.2) is 4.39 Å². The van der Waals surface area contributed by atoms with E-state index in [1.807, 2.05) is 6.07 Å². The highest BCUT2D eigenvalue weighted by atomic mass is 19.1. The van der Waals surface area contributed by atoms with Gasteiger partial charge in [0.2, 0.25) is 0 Å². The van der Waals surface area contributed by atoms with E-state index in [2.05, 4.69) is 0 Å². The van der Waals surface area contributed by atoms with Gasteiger partial charge < -0.3 is 5.11 Å². The first-order valence-corrected chi connectivity index (χ1v) is 5.41. The Morgan fingerprint density at radius 2 is 2.00 bits per heavy atom. The zero-order chi connectivity index (χ0) is 10.7. The van der Waals surface area contributed by atoms with Crippen LogP contribution in [0.15, 0.2) is 30.3 Å². The summed E-state index contributed by atoms with van der Waals surface area (Å²) < 4.78 is 13.5. The second-order valence-corrected chi connectivity index (χ2v) is 3.98. The van der Waals surface area contributed by atoms with Gasteiger partial charge in [0.15, 0.2) is 0 Å². The highest BCUT2D eigenvalue weighted by molar-refractivity contribution is 5.66. The van der Waals surface area contributed by atoms with Crippen LogP contribution in [0.3, 0.4) is 0 Å². The summed E-state index contributed by atoms with van der Waals surface area (Å²) in [7, 11) is 0. The number of halogens is 1. The molecule has 1 unspecified atom stereocenters. The van der Waals surface area contributed by atoms with Crippen LogP contribution in [0.2, 0.25) is 0 Å². The molecule has 0 bridgehead atoms. The van der Waals surface area contributed by atoms with Crippen LogP contribution in [-0.4, -0.2) is 11.2 Å². The molecule has 2 rings (SSSR count). The van der Waals surface area contributed by atoms with E-state index < -0.39 is 6.10 Å². The van der Waals surface area contributed by atoms with Crippen molar-refractivity contribution >= 4 is 5.57 Å². The number of benzene rings is 1. The third-order valence-corrected chi connectivity index (χ3v) is 2.81. The van der Waals surface area contributed by atoms with E-state index in [0.29, 0.717) is 5.56 Å². The Balaban J connectivity index is 2.33. The Labute approximate surface area is 89.3 Å². The fraction of sp³-hybridized carbons (Fsp3) is 0.385. The van der Waals surface area contributed by atoms with Gasteiger partial charge in [-0.15, -0.1) is 0 Å². The highest BCUT2D eigenvalue weighted by Crippen LogP contribution is 2.27. The van der Waals surface area contributed by atoms with Crippen LogP contribution in [0.1, 0.15) is 31.2 Å². The van der Waals surface area contributed by atoms with Crippen molar-refractivity contribution in [2.75, 3.05) is 0 Å². The molecule has 1 atom stereocenters. The molecular weight excluding hydrogens is 191 g/mol. The number of hydrogen-bond acceptors (Lipinski definition) is 1. The van der Waals surface area contributed by atoms with E-state index >= 15 is 0 Å². The van der Waals surface area contributed by atoms with Gasteiger partial charge in [0, 0.05) is 5.56 Å². The number of rotatable bonds is 1. The number of allylic oxidation sites excluding steroid dienone is 1. The Bertz CT molecular complexity index is 371. The third-order valence-electron chi connectivity index (χ3n) is 2.81. The summed E-state index contributed by atoms with van der Waals surface area (Å²) in [4.78, 5) is 0. The molecule has 1 aromatic rings. The molecule has 1 nitrogen and oxygen atoms in total. The fourth-order valence-corrected chi connectivity index (χ4v) is 2.01. The maximum absolute atomic E-state index is 13.5. The summed E-state index contributed by atoms with van der Waals surface area (Å²) in [5.74, 6) is -0.196. The van der Waals surface area contributed by atoms with Crippen molar-refractivity contribution in [2.24, 2.45) is 0 Å². The lowest BCUT2D eigenvalue weighted by molar-refractivity contribution is 0.211. The van der Waals surface area contributed by atoms with Crippen LogP contribution in [0.4, 0.5) is 4.39 Å². The molecule has 1 aliphatic carbocycles. The normalized spacial score (nSPS) is 22.0. The first-order chi connectivity index (χ1) is 7.27. The SMILES string of the molecule is OC1C=C(c2ccccc2F)CCCC1. The van der Waals surface area contributed by atoms with Gasteiger partial charge in [-0.05, 0) is 30.9 Å². The van der Waals surface area contributed by atoms with Crippen molar-refractivity contribution in [3.63, 3.8) is 0 Å². The van der Waals surface area contributed by atoms with E-state index in [0.717, 1.165) is 31.3 Å². The van der Waals surface area contributed by atoms with Gasteiger partial charge >= 0.3 is 0 Å². The van der Waals surface area contributed by atoms with Crippen LogP contribution in [0, 0.1) is 5.82 Å². The second-order valence-electron chi connectivity index (χ2n) is 3.98. The molecule has 15 heavy (non-hydrogen) atoms. The van der Waals surface area contributed by atoms with Crippen molar-refractivity contribution in [2.45, 2.75) is 31.8 Å². The zero-order valence-corrected chi connectivity index (χ0v) is 8.62. The Hall–Kier alpha value is -1.15. The van der Waals surface area contributed by atoms with Gasteiger partial charge in [0.05, 0.1) is 6.10 Å². The minimum absolute atomic E-state index is 0.196. The van der Waals surface area contributed by atoms with Crippen molar-refractivity contribution < 1.29 is 9.50 Å². The molecule has 0 heterocycles. The van der Waals surface area contributed by atoms with Crippen LogP contribution in [-0.2, 0) is 0 Å². The average Bonchev–Trinajstić information content (AvgIpc) is 2.43. The average molecular weight is 206 g/mol. The van der Waals surface area contributed by atoms with Gasteiger partial charge in [0.25, 0.3) is 0 Å². The molecule has 0 radical (unpaired) electrons. The van der Waals surface area contributed by atoms with Crippen molar-refractivity contribution in [3.8, 4) is 0 Å². The molecule has 0 aliphatic heterocycles. The molecule has 0 saturated heterocycles. The van der Waals surface area contributed by atoms with Gasteiger partial charge in [-0.2, -0.15) is 0 Å². The monoisotopic (exact) mass is 206 g/mol. The maximum Gasteiger partial charge on any atom is 0.130 e. The summed E-state index contributed by atoms with van der Waals surface area (Å²) in [6, 6.07) is 6.76. The van der Waals surface area contributed by atoms with Crippen LogP contribution in [0.25, 0.3) is 5.57 Å². The number of aliphatic hydroxyl groups is 1. The third kappa shape index (κ3) is 2.45. The predicted octanol–water partition coefficient (Wildman–Crippen LogP) is 3.14. The van der Waals surface area contributed by atoms with E-state index in [1.165, 1.54) is 6.07 Å². The molecule has 80 valence electrons. The topological polar surface area (TPSA) is 20.2 Å². The standard InChI is InChI=1S/C13H15FO/c14-13-8-4-3-7-12(13)10-5-1-2-6-11(15)9-10/h3-4,7-9,11,15H,1-2,5-6H2. The summed E-state index contributed by atoms with van der Waals surface area (Å²) in [5, 5.41) is 9.61. The number of hydrogen-bond donors (Lipinski definition) is 1. The van der Waals surface area contributed by atoms with Gasteiger partial charge in [-0.1, -0.05) is 30.7 Å². The van der Waals surface area contributed by atoms with Crippen molar-refractivity contribution in [3.05, 3.63) is 41.7 Å². The maximum atomic E-state index is 13.5. The first-order valence-electron chi connectivity index (χ1n) is 5.41. The lowest BCUT2D eigenvalue weighted by atomic mass is 10.0. The van der Waals surface area contributed by atoms with E-state index in [4.69, 9.17) is 0 Å². The minimum Gasteiger partial charge on any atom is -0.389 e. The molecule has 1 aromatic carbocycles. The summed E-state index contributed by atoms with van der Waals surface area (Å²) in [6.45, 7) is 0. The second kappa shape index (κ2) is 4.58. The van der Waals surface area contributed by atoms with Crippen LogP contribution >= 0.6 is 0 Å². The molecule has 0 spiro atoms. The van der Waals surface area contributed by atoms with Crippen molar-refractivity contribution in [1.29, 1.82) is 0 Å².